The van der Waals surface area contributed by atoms with Gasteiger partial charge in [0.05, 0.1) is 12.3 Å². The van der Waals surface area contributed by atoms with E-state index in [0.29, 0.717) is 12.5 Å². The predicted octanol–water partition coefficient (Wildman–Crippen LogP) is 4.74. The number of pyridine rings is 1. The average molecular weight is 428 g/mol. The number of hydrogen-bond donors (Lipinski definition) is 1. The molecule has 1 saturated heterocycles. The van der Waals surface area contributed by atoms with Crippen LogP contribution in [0.15, 0.2) is 78.3 Å². The molecule has 5 rings (SSSR count). The molecule has 32 heavy (non-hydrogen) atoms. The van der Waals surface area contributed by atoms with Crippen LogP contribution >= 0.6 is 0 Å². The highest BCUT2D eigenvalue weighted by molar-refractivity contribution is 5.98. The maximum Gasteiger partial charge on any atom is 0.146 e. The quantitative estimate of drug-likeness (QED) is 0.616. The smallest absolute Gasteiger partial charge is 0.146 e. The van der Waals surface area contributed by atoms with Crippen LogP contribution in [0.3, 0.4) is 0 Å². The molecule has 1 fully saturated rings. The maximum atomic E-state index is 5.83. The number of nitrogens with one attached hydrogen (secondary N) is 1. The van der Waals surface area contributed by atoms with Gasteiger partial charge in [-0.05, 0) is 44.5 Å². The minimum atomic E-state index is 0.349. The summed E-state index contributed by atoms with van der Waals surface area (Å²) in [5.41, 5.74) is 5.84. The molecule has 3 heterocycles. The lowest BCUT2D eigenvalue weighted by Gasteiger charge is -2.33. The molecule has 1 aromatic heterocycles. The summed E-state index contributed by atoms with van der Waals surface area (Å²) in [7, 11) is 0. The average Bonchev–Trinajstić information content (AvgIpc) is 3.22. The number of hydrogen-bond acceptors (Lipinski definition) is 6. The fourth-order valence-electron chi connectivity index (χ4n) is 4.67. The van der Waals surface area contributed by atoms with Crippen molar-refractivity contribution in [3.8, 4) is 5.75 Å². The van der Waals surface area contributed by atoms with Gasteiger partial charge in [-0.25, -0.2) is 10.0 Å². The van der Waals surface area contributed by atoms with Gasteiger partial charge in [0, 0.05) is 47.7 Å². The van der Waals surface area contributed by atoms with Crippen molar-refractivity contribution in [1.82, 2.24) is 15.3 Å². The number of aliphatic imine (C=N–C) groups is 1. The zero-order valence-electron chi connectivity index (χ0n) is 18.5. The Morgan fingerprint density at radius 1 is 1.16 bits per heavy atom. The van der Waals surface area contributed by atoms with E-state index in [9.17, 15) is 0 Å². The Morgan fingerprint density at radius 2 is 2.06 bits per heavy atom. The van der Waals surface area contributed by atoms with Gasteiger partial charge in [0.1, 0.15) is 17.4 Å². The lowest BCUT2D eigenvalue weighted by molar-refractivity contribution is 0.192. The largest absolute Gasteiger partial charge is 0.494 e. The highest BCUT2D eigenvalue weighted by Crippen LogP contribution is 2.31. The first kappa shape index (κ1) is 20.5. The molecule has 0 radical (unpaired) electrons. The number of amidine groups is 1. The van der Waals surface area contributed by atoms with Crippen LogP contribution in [0.2, 0.25) is 0 Å². The molecule has 0 spiro atoms. The van der Waals surface area contributed by atoms with Gasteiger partial charge in [0.2, 0.25) is 0 Å². The van der Waals surface area contributed by atoms with E-state index in [1.807, 2.05) is 42.5 Å². The molecule has 1 N–H and O–H groups in total. The van der Waals surface area contributed by atoms with Crippen LogP contribution in [0.25, 0.3) is 10.8 Å². The van der Waals surface area contributed by atoms with E-state index >= 15 is 0 Å². The van der Waals surface area contributed by atoms with Crippen molar-refractivity contribution in [2.75, 3.05) is 24.7 Å². The number of fused-ring (bicyclic) bond motifs is 1. The number of benzene rings is 2. The van der Waals surface area contributed by atoms with E-state index in [0.717, 1.165) is 66.3 Å². The topological polar surface area (TPSA) is 53.0 Å². The molecule has 0 aliphatic carbocycles. The third-order valence-electron chi connectivity index (χ3n) is 6.19. The van der Waals surface area contributed by atoms with E-state index in [1.165, 1.54) is 5.56 Å². The van der Waals surface area contributed by atoms with E-state index in [2.05, 4.69) is 52.2 Å². The molecule has 0 bridgehead atoms. The van der Waals surface area contributed by atoms with Crippen LogP contribution < -0.4 is 15.2 Å². The summed E-state index contributed by atoms with van der Waals surface area (Å²) in [6.45, 7) is 9.87. The second kappa shape index (κ2) is 9.01. The van der Waals surface area contributed by atoms with Crippen LogP contribution in [-0.4, -0.2) is 35.4 Å². The van der Waals surface area contributed by atoms with E-state index in [1.54, 1.807) is 0 Å². The summed E-state index contributed by atoms with van der Waals surface area (Å²) in [5, 5.41) is 4.23. The molecule has 1 unspecified atom stereocenters. The fourth-order valence-corrected chi connectivity index (χ4v) is 4.67. The minimum absolute atomic E-state index is 0.349. The number of ether oxygens (including phenoxy) is 1. The minimum Gasteiger partial charge on any atom is -0.494 e. The zero-order valence-corrected chi connectivity index (χ0v) is 18.5. The van der Waals surface area contributed by atoms with Crippen LogP contribution in [0.5, 0.6) is 5.75 Å². The number of para-hydroxylation sites is 1. The second-order valence-electron chi connectivity index (χ2n) is 8.35. The predicted molar refractivity (Wildman–Crippen MR) is 130 cm³/mol. The molecule has 6 heteroatoms. The van der Waals surface area contributed by atoms with E-state index < -0.39 is 0 Å². The summed E-state index contributed by atoms with van der Waals surface area (Å²) in [6, 6.07) is 16.6. The molecule has 0 saturated carbocycles. The van der Waals surface area contributed by atoms with Crippen LogP contribution in [0.4, 0.5) is 5.69 Å². The van der Waals surface area contributed by atoms with E-state index in [4.69, 9.17) is 9.73 Å². The Morgan fingerprint density at radius 3 is 2.97 bits per heavy atom. The molecule has 1 atom stereocenters. The normalized spacial score (nSPS) is 19.2. The van der Waals surface area contributed by atoms with Gasteiger partial charge >= 0.3 is 0 Å². The molecule has 2 aromatic carbocycles. The number of nitrogens with zero attached hydrogens (tertiary/aromatic N) is 4. The van der Waals surface area contributed by atoms with Gasteiger partial charge in [0.25, 0.3) is 0 Å². The van der Waals surface area contributed by atoms with Gasteiger partial charge < -0.3 is 4.74 Å². The number of likely N-dealkylation sites (tertiary alicyclic amines) is 1. The lowest BCUT2D eigenvalue weighted by atomic mass is 9.96. The van der Waals surface area contributed by atoms with E-state index in [-0.39, 0.29) is 0 Å². The van der Waals surface area contributed by atoms with Gasteiger partial charge in [-0.1, -0.05) is 36.9 Å². The van der Waals surface area contributed by atoms with Crippen molar-refractivity contribution in [3.05, 3.63) is 78.9 Å². The first-order valence-corrected chi connectivity index (χ1v) is 11.3. The number of hydrazine groups is 1. The summed E-state index contributed by atoms with van der Waals surface area (Å²) in [5.74, 6) is 3.06. The highest BCUT2D eigenvalue weighted by Gasteiger charge is 2.30. The second-order valence-corrected chi connectivity index (χ2v) is 8.35. The molecule has 164 valence electrons. The van der Waals surface area contributed by atoms with Crippen LogP contribution in [0, 0.1) is 5.92 Å². The Labute approximate surface area is 189 Å². The van der Waals surface area contributed by atoms with Crippen molar-refractivity contribution in [2.45, 2.75) is 26.3 Å². The van der Waals surface area contributed by atoms with Crippen LogP contribution in [0.1, 0.15) is 25.3 Å². The van der Waals surface area contributed by atoms with Crippen molar-refractivity contribution in [1.29, 1.82) is 0 Å². The maximum absolute atomic E-state index is 5.83. The Hall–Kier alpha value is -3.38. The van der Waals surface area contributed by atoms with Gasteiger partial charge in [-0.15, -0.1) is 0 Å². The fraction of sp³-hybridized carbons (Fsp3) is 0.308. The van der Waals surface area contributed by atoms with Crippen LogP contribution in [-0.2, 0) is 6.54 Å². The Bertz CT molecular complexity index is 1150. The molecular formula is C26H29N5O. The van der Waals surface area contributed by atoms with Gasteiger partial charge in [-0.2, -0.15) is 0 Å². The van der Waals surface area contributed by atoms with Crippen molar-refractivity contribution < 1.29 is 4.74 Å². The monoisotopic (exact) mass is 427 g/mol. The third-order valence-corrected chi connectivity index (χ3v) is 6.19. The van der Waals surface area contributed by atoms with Gasteiger partial charge in [0.15, 0.2) is 0 Å². The molecule has 0 amide bonds. The lowest BCUT2D eigenvalue weighted by Crippen LogP contribution is -2.45. The zero-order chi connectivity index (χ0) is 21.9. The molecule has 2 aliphatic heterocycles. The third kappa shape index (κ3) is 4.06. The molecule has 3 aromatic rings. The summed E-state index contributed by atoms with van der Waals surface area (Å²) in [4.78, 5) is 11.6. The van der Waals surface area contributed by atoms with Crippen molar-refractivity contribution in [2.24, 2.45) is 10.9 Å². The summed E-state index contributed by atoms with van der Waals surface area (Å²) < 4.78 is 5.83. The number of rotatable bonds is 6. The molecular weight excluding hydrogens is 398 g/mol. The molecule has 6 nitrogen and oxygen atoms in total. The number of aromatic nitrogens is 1. The number of piperidine rings is 1. The molecule has 2 aliphatic rings. The van der Waals surface area contributed by atoms with Crippen molar-refractivity contribution >= 4 is 22.3 Å². The highest BCUT2D eigenvalue weighted by atomic mass is 16.5. The first-order valence-electron chi connectivity index (χ1n) is 11.3. The standard InChI is InChI=1S/C26H29N5O/c1-3-32-25-12-5-4-8-21(25)17-30-15-7-10-22(18-30)26-28-19(2)31(29-26)24-11-6-9-20-16-27-14-13-23(20)24/h4-6,8-9,11-14,16,22H,2-3,7,10,15,17-18H2,1H3,(H,28,29). The summed E-state index contributed by atoms with van der Waals surface area (Å²) >= 11 is 0. The SMILES string of the molecule is C=C1N=C(C2CCCN(Cc3ccccc3OCC)C2)NN1c1cccc2cnccc12. The number of anilines is 1. The first-order chi connectivity index (χ1) is 15.7. The van der Waals surface area contributed by atoms with Crippen molar-refractivity contribution in [3.63, 3.8) is 0 Å². The van der Waals surface area contributed by atoms with Gasteiger partial charge in [-0.3, -0.25) is 15.3 Å². The Balaban J connectivity index is 1.30. The summed E-state index contributed by atoms with van der Waals surface area (Å²) in [6.07, 6.45) is 5.98. The Kier molecular flexibility index (Phi) is 5.77.